The van der Waals surface area contributed by atoms with Crippen molar-refractivity contribution in [1.82, 2.24) is 0 Å². The number of methoxy groups -OCH3 is 1. The van der Waals surface area contributed by atoms with E-state index in [2.05, 4.69) is 16.3 Å². The molecule has 1 aromatic rings. The first-order chi connectivity index (χ1) is 10.1. The molecule has 1 aromatic carbocycles. The van der Waals surface area contributed by atoms with E-state index in [1.807, 2.05) is 38.1 Å². The number of allylic oxidation sites excluding steroid dienone is 1. The third kappa shape index (κ3) is 6.63. The predicted molar refractivity (Wildman–Crippen MR) is 87.8 cm³/mol. The molecule has 0 radical (unpaired) electrons. The molecule has 0 fully saturated rings. The Morgan fingerprint density at radius 2 is 2.00 bits per heavy atom. The molecule has 0 aliphatic rings. The number of hydrogen-bond acceptors (Lipinski definition) is 4. The fraction of sp³-hybridized carbons (Fsp3) is 0.312. The number of rotatable bonds is 6. The first-order valence-electron chi connectivity index (χ1n) is 6.72. The van der Waals surface area contributed by atoms with Gasteiger partial charge < -0.3 is 10.5 Å². The minimum atomic E-state index is -0.654. The second kappa shape index (κ2) is 10.5. The van der Waals surface area contributed by atoms with E-state index >= 15 is 0 Å². The number of carbonyl (C=O) groups is 1. The van der Waals surface area contributed by atoms with Gasteiger partial charge in [0.2, 0.25) is 0 Å². The average molecular weight is 289 g/mol. The predicted octanol–water partition coefficient (Wildman–Crippen LogP) is 2.45. The summed E-state index contributed by atoms with van der Waals surface area (Å²) in [5.74, 6) is -0.424. The van der Waals surface area contributed by atoms with Crippen LogP contribution in [0.1, 0.15) is 25.0 Å². The van der Waals surface area contributed by atoms with Crippen LogP contribution < -0.4 is 5.73 Å². The van der Waals surface area contributed by atoms with Gasteiger partial charge in [0.15, 0.2) is 0 Å². The molecule has 1 atom stereocenters. The monoisotopic (exact) mass is 289 g/mol. The molecule has 21 heavy (non-hydrogen) atoms. The Kier molecular flexibility index (Phi) is 9.37. The highest BCUT2D eigenvalue weighted by molar-refractivity contribution is 6.10. The Balaban J connectivity index is 0.00000191. The highest BCUT2D eigenvalue weighted by atomic mass is 16.5. The molecule has 0 aromatic heterocycles. The molecular formula is C16H23N3O2. The zero-order valence-corrected chi connectivity index (χ0v) is 12.8. The van der Waals surface area contributed by atoms with Gasteiger partial charge in [-0.3, -0.25) is 10.2 Å². The molecule has 0 heterocycles. The van der Waals surface area contributed by atoms with Crippen molar-refractivity contribution < 1.29 is 9.53 Å². The highest BCUT2D eigenvalue weighted by Gasteiger charge is 2.13. The molecule has 1 rings (SSSR count). The maximum atomic E-state index is 11.2. The maximum Gasteiger partial charge on any atom is 0.322 e. The molecule has 0 saturated carbocycles. The molecule has 0 aliphatic heterocycles. The number of nitrogens with one attached hydrogen (secondary N) is 1. The summed E-state index contributed by atoms with van der Waals surface area (Å²) in [7, 11) is 1.32. The van der Waals surface area contributed by atoms with Crippen LogP contribution in [-0.4, -0.2) is 31.7 Å². The third-order valence-electron chi connectivity index (χ3n) is 2.59. The number of carbonyl (C=O) groups excluding carboxylic acids is 1. The molecule has 0 aliphatic carbocycles. The molecule has 3 N–H and O–H groups in total. The normalized spacial score (nSPS) is 11.2. The summed E-state index contributed by atoms with van der Waals surface area (Å²) in [6, 6.07) is 6.84. The van der Waals surface area contributed by atoms with E-state index < -0.39 is 12.0 Å². The summed E-state index contributed by atoms with van der Waals surface area (Å²) in [6.07, 6.45) is 2.89. The van der Waals surface area contributed by atoms with Crippen molar-refractivity contribution in [3.05, 3.63) is 42.0 Å². The van der Waals surface area contributed by atoms with Crippen LogP contribution in [-0.2, 0) is 16.0 Å². The zero-order chi connectivity index (χ0) is 16.3. The quantitative estimate of drug-likeness (QED) is 0.479. The van der Waals surface area contributed by atoms with Crippen LogP contribution in [0.2, 0.25) is 0 Å². The Hall–Kier alpha value is -2.27. The van der Waals surface area contributed by atoms with Gasteiger partial charge in [0.1, 0.15) is 12.4 Å². The summed E-state index contributed by atoms with van der Waals surface area (Å²) in [5, 5.41) is 6.81. The van der Waals surface area contributed by atoms with E-state index in [0.29, 0.717) is 12.0 Å². The van der Waals surface area contributed by atoms with Gasteiger partial charge in [-0.15, -0.1) is 0 Å². The summed E-state index contributed by atoms with van der Waals surface area (Å²) in [5.41, 5.74) is 8.25. The SMILES string of the molecule is C=C(C=NC=N)c1ccc(CC(N)C(=O)OC)cc1.CC. The summed E-state index contributed by atoms with van der Waals surface area (Å²) < 4.78 is 4.57. The van der Waals surface area contributed by atoms with E-state index in [0.717, 1.165) is 17.5 Å². The number of benzene rings is 1. The van der Waals surface area contributed by atoms with Gasteiger partial charge in [-0.25, -0.2) is 4.99 Å². The van der Waals surface area contributed by atoms with Crippen molar-refractivity contribution in [2.45, 2.75) is 26.3 Å². The van der Waals surface area contributed by atoms with E-state index in [4.69, 9.17) is 11.1 Å². The largest absolute Gasteiger partial charge is 0.468 e. The van der Waals surface area contributed by atoms with Gasteiger partial charge in [-0.1, -0.05) is 44.7 Å². The number of nitrogens with two attached hydrogens (primary N) is 1. The Morgan fingerprint density at radius 1 is 1.43 bits per heavy atom. The van der Waals surface area contributed by atoms with Crippen molar-refractivity contribution in [3.8, 4) is 0 Å². The van der Waals surface area contributed by atoms with E-state index in [1.54, 1.807) is 0 Å². The topological polar surface area (TPSA) is 88.5 Å². The fourth-order valence-electron chi connectivity index (χ4n) is 1.55. The molecule has 114 valence electrons. The number of esters is 1. The van der Waals surface area contributed by atoms with Crippen LogP contribution in [0.4, 0.5) is 0 Å². The van der Waals surface area contributed by atoms with Crippen LogP contribution >= 0.6 is 0 Å². The van der Waals surface area contributed by atoms with E-state index in [-0.39, 0.29) is 0 Å². The molecule has 0 saturated heterocycles. The highest BCUT2D eigenvalue weighted by Crippen LogP contribution is 2.13. The fourth-order valence-corrected chi connectivity index (χ4v) is 1.55. The third-order valence-corrected chi connectivity index (χ3v) is 2.59. The van der Waals surface area contributed by atoms with Crippen LogP contribution in [0, 0.1) is 5.41 Å². The lowest BCUT2D eigenvalue weighted by atomic mass is 10.0. The lowest BCUT2D eigenvalue weighted by molar-refractivity contribution is -0.142. The van der Waals surface area contributed by atoms with Crippen LogP contribution in [0.5, 0.6) is 0 Å². The minimum absolute atomic E-state index is 0.424. The number of ether oxygens (including phenoxy) is 1. The first-order valence-corrected chi connectivity index (χ1v) is 6.72. The van der Waals surface area contributed by atoms with Gasteiger partial charge in [0.05, 0.1) is 7.11 Å². The van der Waals surface area contributed by atoms with Crippen molar-refractivity contribution in [2.24, 2.45) is 10.7 Å². The number of nitrogens with zero attached hydrogens (tertiary/aromatic N) is 1. The molecule has 5 nitrogen and oxygen atoms in total. The molecule has 0 spiro atoms. The van der Waals surface area contributed by atoms with Crippen LogP contribution in [0.15, 0.2) is 35.8 Å². The van der Waals surface area contributed by atoms with E-state index in [1.165, 1.54) is 13.3 Å². The van der Waals surface area contributed by atoms with Crippen molar-refractivity contribution in [3.63, 3.8) is 0 Å². The second-order valence-corrected chi connectivity index (χ2v) is 3.96. The molecule has 5 heteroatoms. The number of aliphatic imine (C=N–C) groups is 1. The van der Waals surface area contributed by atoms with Crippen molar-refractivity contribution in [1.29, 1.82) is 5.41 Å². The summed E-state index contributed by atoms with van der Waals surface area (Å²) >= 11 is 0. The minimum Gasteiger partial charge on any atom is -0.468 e. The van der Waals surface area contributed by atoms with Crippen molar-refractivity contribution >= 4 is 24.1 Å². The van der Waals surface area contributed by atoms with Gasteiger partial charge in [-0.05, 0) is 23.1 Å². The molecule has 0 bridgehead atoms. The molecular weight excluding hydrogens is 266 g/mol. The van der Waals surface area contributed by atoms with E-state index in [9.17, 15) is 4.79 Å². The second-order valence-electron chi connectivity index (χ2n) is 3.96. The zero-order valence-electron chi connectivity index (χ0n) is 12.8. The Bertz CT molecular complexity index is 493. The van der Waals surface area contributed by atoms with Gasteiger partial charge in [-0.2, -0.15) is 0 Å². The lowest BCUT2D eigenvalue weighted by Gasteiger charge is -2.09. The molecule has 0 amide bonds. The van der Waals surface area contributed by atoms with Crippen LogP contribution in [0.3, 0.4) is 0 Å². The Morgan fingerprint density at radius 3 is 2.48 bits per heavy atom. The lowest BCUT2D eigenvalue weighted by Crippen LogP contribution is -2.33. The average Bonchev–Trinajstić information content (AvgIpc) is 2.54. The van der Waals surface area contributed by atoms with Crippen molar-refractivity contribution in [2.75, 3.05) is 7.11 Å². The Labute approximate surface area is 126 Å². The summed E-state index contributed by atoms with van der Waals surface area (Å²) in [6.45, 7) is 7.84. The smallest absolute Gasteiger partial charge is 0.322 e. The first kappa shape index (κ1) is 18.7. The number of hydrogen-bond donors (Lipinski definition) is 2. The van der Waals surface area contributed by atoms with Gasteiger partial charge in [0.25, 0.3) is 0 Å². The molecule has 1 unspecified atom stereocenters. The standard InChI is InChI=1S/C14H17N3O2.C2H6/c1-10(8-17-9-15)12-5-3-11(4-6-12)7-13(16)14(18)19-2;1-2/h3-6,8-9,13,15H,1,7,16H2,2H3;1-2H3. The summed E-state index contributed by atoms with van der Waals surface area (Å²) in [4.78, 5) is 14.9. The maximum absolute atomic E-state index is 11.2. The van der Waals surface area contributed by atoms with Gasteiger partial charge >= 0.3 is 5.97 Å². The van der Waals surface area contributed by atoms with Crippen LogP contribution in [0.25, 0.3) is 5.57 Å². The van der Waals surface area contributed by atoms with Gasteiger partial charge in [0, 0.05) is 6.21 Å².